The Morgan fingerprint density at radius 3 is 2.84 bits per heavy atom. The van der Waals surface area contributed by atoms with E-state index in [4.69, 9.17) is 25.2 Å². The van der Waals surface area contributed by atoms with Gasteiger partial charge in [0.2, 0.25) is 0 Å². The molecule has 1 aromatic carbocycles. The van der Waals surface area contributed by atoms with Gasteiger partial charge in [0.15, 0.2) is 0 Å². The highest BCUT2D eigenvalue weighted by atomic mass is 35.5. The summed E-state index contributed by atoms with van der Waals surface area (Å²) in [7, 11) is -1.35. The van der Waals surface area contributed by atoms with Gasteiger partial charge < -0.3 is 9.47 Å². The van der Waals surface area contributed by atoms with Gasteiger partial charge in [-0.2, -0.15) is 0 Å². The lowest BCUT2D eigenvalue weighted by Crippen LogP contribution is -2.34. The fraction of sp³-hybridized carbons (Fsp3) is 0.429. The van der Waals surface area contributed by atoms with Gasteiger partial charge in [-0.05, 0) is 24.1 Å². The Kier molecular flexibility index (Phi) is 2.81. The average Bonchev–Trinajstić information content (AvgIpc) is 2.82. The Bertz CT molecular complexity index is 615. The Hall–Kier alpha value is -1.55. The zero-order valence-electron chi connectivity index (χ0n) is 13.4. The van der Waals surface area contributed by atoms with E-state index in [-0.39, 0.29) is 23.0 Å². The molecule has 0 aromatic heterocycles. The maximum Gasteiger partial charge on any atom is 0.316 e. The highest BCUT2D eigenvalue weighted by Gasteiger charge is 2.47. The van der Waals surface area contributed by atoms with Gasteiger partial charge in [-0.15, -0.1) is 0 Å². The molecule has 1 aliphatic carbocycles. The number of methoxy groups -OCH3 is 2. The number of hydrogen-bond donors (Lipinski definition) is 0. The van der Waals surface area contributed by atoms with Gasteiger partial charge in [0, 0.05) is 12.8 Å². The summed E-state index contributed by atoms with van der Waals surface area (Å²) in [6, 6.07) is 4.39. The van der Waals surface area contributed by atoms with Crippen LogP contribution in [0.5, 0.6) is 5.75 Å². The van der Waals surface area contributed by atoms with E-state index in [1.807, 2.05) is 0 Å². The summed E-state index contributed by atoms with van der Waals surface area (Å²) in [4.78, 5) is 23.8. The molecule has 0 amide bonds. The number of Topliss-reactive ketones (excluding diaryl/α,β-unsaturated/α-hetero) is 1. The molecule has 0 spiro atoms. The van der Waals surface area contributed by atoms with E-state index >= 15 is 0 Å². The molecular weight excluding hydrogens is 268 g/mol. The van der Waals surface area contributed by atoms with E-state index in [1.165, 1.54) is 19.2 Å². The van der Waals surface area contributed by atoms with Crippen molar-refractivity contribution in [2.24, 2.45) is 0 Å². The van der Waals surface area contributed by atoms with Crippen molar-refractivity contribution in [1.82, 2.24) is 0 Å². The predicted octanol–water partition coefficient (Wildman–Crippen LogP) is 2.51. The monoisotopic (exact) mass is 285 g/mol. The molecule has 1 aliphatic rings. The van der Waals surface area contributed by atoms with Crippen LogP contribution in [0.4, 0.5) is 0 Å². The highest BCUT2D eigenvalue weighted by Crippen LogP contribution is 2.42. The number of carbonyl (C=O) groups is 2. The molecule has 1 unspecified atom stereocenters. The van der Waals surface area contributed by atoms with Crippen molar-refractivity contribution in [3.63, 3.8) is 0 Å². The number of carbonyl (C=O) groups excluding carboxylic acids is 2. The minimum atomic E-state index is -2.62. The first-order valence-corrected chi connectivity index (χ1v) is 6.15. The molecule has 2 rings (SSSR count). The van der Waals surface area contributed by atoms with Crippen LogP contribution in [0.3, 0.4) is 0 Å². The molecule has 1 aromatic rings. The molecule has 1 atom stereocenters. The van der Waals surface area contributed by atoms with Crippen molar-refractivity contribution in [1.29, 1.82) is 0 Å². The third kappa shape index (κ3) is 2.32. The van der Waals surface area contributed by atoms with Crippen molar-refractivity contribution in [3.05, 3.63) is 28.8 Å². The topological polar surface area (TPSA) is 52.6 Å². The molecule has 0 bridgehead atoms. The zero-order chi connectivity index (χ0) is 16.5. The van der Waals surface area contributed by atoms with Crippen LogP contribution < -0.4 is 4.74 Å². The van der Waals surface area contributed by atoms with Crippen molar-refractivity contribution in [2.75, 3.05) is 14.1 Å². The standard InChI is InChI=1S/C14H15ClO4/c1-18-12-4-3-9(7-11(12)15)14(13(17)19-2)6-5-10(16)8-14/h3-4,7H,5-6,8H2,1-2H3/i1D3. The summed E-state index contributed by atoms with van der Waals surface area (Å²) in [6.45, 7) is 0. The second-order valence-corrected chi connectivity index (χ2v) is 4.94. The van der Waals surface area contributed by atoms with Crippen molar-refractivity contribution >= 4 is 23.4 Å². The van der Waals surface area contributed by atoms with Crippen LogP contribution in [0.1, 0.15) is 28.9 Å². The number of rotatable bonds is 3. The van der Waals surface area contributed by atoms with Crippen LogP contribution in [0.25, 0.3) is 0 Å². The molecule has 0 radical (unpaired) electrons. The molecule has 0 saturated heterocycles. The molecule has 4 nitrogen and oxygen atoms in total. The summed E-state index contributed by atoms with van der Waals surface area (Å²) >= 11 is 6.05. The van der Waals surface area contributed by atoms with E-state index in [2.05, 4.69) is 0 Å². The van der Waals surface area contributed by atoms with Gasteiger partial charge in [-0.1, -0.05) is 17.7 Å². The van der Waals surface area contributed by atoms with Gasteiger partial charge >= 0.3 is 5.97 Å². The summed E-state index contributed by atoms with van der Waals surface area (Å²) in [5.41, 5.74) is -0.540. The quantitative estimate of drug-likeness (QED) is 0.801. The lowest BCUT2D eigenvalue weighted by atomic mass is 9.79. The van der Waals surface area contributed by atoms with Crippen LogP contribution in [0.2, 0.25) is 5.02 Å². The maximum atomic E-state index is 12.2. The maximum absolute atomic E-state index is 12.2. The van der Waals surface area contributed by atoms with Gasteiger partial charge in [0.1, 0.15) is 16.9 Å². The Morgan fingerprint density at radius 2 is 2.32 bits per heavy atom. The molecule has 19 heavy (non-hydrogen) atoms. The van der Waals surface area contributed by atoms with Gasteiger partial charge in [0.25, 0.3) is 0 Å². The molecule has 0 aliphatic heterocycles. The minimum Gasteiger partial charge on any atom is -0.495 e. The summed E-state index contributed by atoms with van der Waals surface area (Å²) in [5.74, 6) is -0.530. The van der Waals surface area contributed by atoms with Crippen LogP contribution >= 0.6 is 11.6 Å². The zero-order valence-corrected chi connectivity index (χ0v) is 11.1. The molecule has 0 heterocycles. The van der Waals surface area contributed by atoms with Gasteiger partial charge in [0.05, 0.1) is 23.3 Å². The lowest BCUT2D eigenvalue weighted by Gasteiger charge is -2.26. The summed E-state index contributed by atoms with van der Waals surface area (Å²) < 4.78 is 30.9. The second kappa shape index (κ2) is 5.21. The number of hydrogen-bond acceptors (Lipinski definition) is 4. The molecular formula is C14H15ClO4. The number of esters is 1. The first-order valence-electron chi connectivity index (χ1n) is 7.27. The van der Waals surface area contributed by atoms with Crippen molar-refractivity contribution in [3.8, 4) is 5.75 Å². The summed E-state index contributed by atoms with van der Waals surface area (Å²) in [6.07, 6.45) is 0.685. The SMILES string of the molecule is [2H]C([2H])([2H])Oc1ccc(C2(C(=O)OC)CCC(=O)C2)cc1Cl. The normalized spacial score (nSPS) is 25.4. The fourth-order valence-electron chi connectivity index (χ4n) is 2.48. The molecule has 1 saturated carbocycles. The predicted molar refractivity (Wildman–Crippen MR) is 70.6 cm³/mol. The minimum absolute atomic E-state index is 0.00486. The third-order valence-electron chi connectivity index (χ3n) is 3.50. The third-order valence-corrected chi connectivity index (χ3v) is 3.80. The smallest absolute Gasteiger partial charge is 0.316 e. The number of benzene rings is 1. The van der Waals surface area contributed by atoms with Crippen molar-refractivity contribution in [2.45, 2.75) is 24.7 Å². The molecule has 5 heteroatoms. The average molecular weight is 286 g/mol. The van der Waals surface area contributed by atoms with Crippen LogP contribution in [0.15, 0.2) is 18.2 Å². The molecule has 102 valence electrons. The van der Waals surface area contributed by atoms with E-state index in [0.29, 0.717) is 18.4 Å². The number of ether oxygens (including phenoxy) is 2. The highest BCUT2D eigenvalue weighted by molar-refractivity contribution is 6.32. The van der Waals surface area contributed by atoms with E-state index in [9.17, 15) is 9.59 Å². The van der Waals surface area contributed by atoms with E-state index in [0.717, 1.165) is 0 Å². The first-order chi connectivity index (χ1) is 10.2. The largest absolute Gasteiger partial charge is 0.495 e. The summed E-state index contributed by atoms with van der Waals surface area (Å²) in [5, 5.41) is 0.0660. The Balaban J connectivity index is 2.40. The van der Waals surface area contributed by atoms with Gasteiger partial charge in [-0.3, -0.25) is 9.59 Å². The van der Waals surface area contributed by atoms with Gasteiger partial charge in [-0.25, -0.2) is 0 Å². The first kappa shape index (κ1) is 10.3. The number of halogens is 1. The Morgan fingerprint density at radius 1 is 1.53 bits per heavy atom. The molecule has 1 fully saturated rings. The van der Waals surface area contributed by atoms with Crippen LogP contribution in [0, 0.1) is 0 Å². The van der Waals surface area contributed by atoms with Crippen molar-refractivity contribution < 1.29 is 23.2 Å². The fourth-order valence-corrected chi connectivity index (χ4v) is 2.70. The Labute approximate surface area is 120 Å². The number of ketones is 1. The molecule has 0 N–H and O–H groups in total. The lowest BCUT2D eigenvalue weighted by molar-refractivity contribution is -0.148. The van der Waals surface area contributed by atoms with Crippen LogP contribution in [-0.2, 0) is 19.7 Å². The van der Waals surface area contributed by atoms with Crippen LogP contribution in [-0.4, -0.2) is 25.9 Å². The second-order valence-electron chi connectivity index (χ2n) is 4.54. The van der Waals surface area contributed by atoms with E-state index in [1.54, 1.807) is 6.07 Å². The van der Waals surface area contributed by atoms with E-state index < -0.39 is 18.4 Å².